The molecule has 7 unspecified atom stereocenters. The van der Waals surface area contributed by atoms with Crippen molar-refractivity contribution in [3.05, 3.63) is 41.0 Å². The topological polar surface area (TPSA) is 177 Å². The van der Waals surface area contributed by atoms with E-state index in [2.05, 4.69) is 0 Å². The first-order valence-electron chi connectivity index (χ1n) is 12.6. The Kier molecular flexibility index (Phi) is 9.39. The standard InChI is InChI=1S/C27H36O12/c1-34-17-9-14(10-18(35-2)21(17)30)25-16(11-28)15-7-13(8-19(36-3)26(15)39-25)5-4-6-37-27-24(33)23(32)22(31)20(12-29)38-27/h7-10,16,20,22-25,27-33H,4-6,11-12H2,1-3H3. The summed E-state index contributed by atoms with van der Waals surface area (Å²) in [5.74, 6) is 0.869. The van der Waals surface area contributed by atoms with Gasteiger partial charge in [0, 0.05) is 11.1 Å². The summed E-state index contributed by atoms with van der Waals surface area (Å²) in [6.07, 6.45) is -6.17. The van der Waals surface area contributed by atoms with Crippen molar-refractivity contribution < 1.29 is 59.1 Å². The molecule has 1 fully saturated rings. The van der Waals surface area contributed by atoms with Crippen LogP contribution in [0, 0.1) is 0 Å². The molecule has 0 aromatic heterocycles. The number of aromatic hydroxyl groups is 1. The van der Waals surface area contributed by atoms with Gasteiger partial charge in [-0.15, -0.1) is 0 Å². The molecule has 12 nitrogen and oxygen atoms in total. The number of rotatable bonds is 11. The molecule has 12 heteroatoms. The zero-order chi connectivity index (χ0) is 28.3. The predicted octanol–water partition coefficient (Wildman–Crippen LogP) is 0.377. The maximum atomic E-state index is 10.3. The number of aliphatic hydroxyl groups is 5. The SMILES string of the molecule is COc1cc(C2Oc3c(OC)cc(CCCOC4OC(CO)C(O)C(O)C4O)cc3C2CO)cc(OC)c1O. The summed E-state index contributed by atoms with van der Waals surface area (Å²) in [6, 6.07) is 7.05. The lowest BCUT2D eigenvalue weighted by molar-refractivity contribution is -0.301. The normalized spacial score (nSPS) is 28.1. The second-order valence-corrected chi connectivity index (χ2v) is 9.49. The Balaban J connectivity index is 1.48. The molecule has 2 aliphatic rings. The third-order valence-corrected chi connectivity index (χ3v) is 7.14. The van der Waals surface area contributed by atoms with Gasteiger partial charge in [0.2, 0.25) is 5.75 Å². The maximum absolute atomic E-state index is 10.3. The minimum absolute atomic E-state index is 0.134. The highest BCUT2D eigenvalue weighted by Gasteiger charge is 2.44. The van der Waals surface area contributed by atoms with Gasteiger partial charge >= 0.3 is 0 Å². The number of phenolic OH excluding ortho intramolecular Hbond substituents is 1. The lowest BCUT2D eigenvalue weighted by Gasteiger charge is -2.39. The summed E-state index contributed by atoms with van der Waals surface area (Å²) >= 11 is 0. The fourth-order valence-corrected chi connectivity index (χ4v) is 5.01. The van der Waals surface area contributed by atoms with E-state index >= 15 is 0 Å². The number of hydrogen-bond donors (Lipinski definition) is 6. The molecule has 1 saturated heterocycles. The lowest BCUT2D eigenvalue weighted by atomic mass is 9.90. The molecule has 0 saturated carbocycles. The number of fused-ring (bicyclic) bond motifs is 1. The molecular formula is C27H36O12. The van der Waals surface area contributed by atoms with Crippen molar-refractivity contribution in [2.75, 3.05) is 41.2 Å². The van der Waals surface area contributed by atoms with Gasteiger partial charge < -0.3 is 59.1 Å². The molecule has 0 bridgehead atoms. The molecule has 4 rings (SSSR count). The Morgan fingerprint density at radius 2 is 1.49 bits per heavy atom. The van der Waals surface area contributed by atoms with Crippen LogP contribution < -0.4 is 18.9 Å². The lowest BCUT2D eigenvalue weighted by Crippen LogP contribution is -2.59. The van der Waals surface area contributed by atoms with Gasteiger partial charge in [0.05, 0.1) is 47.1 Å². The van der Waals surface area contributed by atoms with Crippen LogP contribution in [0.5, 0.6) is 28.7 Å². The average molecular weight is 553 g/mol. The minimum atomic E-state index is -1.50. The second-order valence-electron chi connectivity index (χ2n) is 9.49. The van der Waals surface area contributed by atoms with Gasteiger partial charge in [-0.1, -0.05) is 6.07 Å². The van der Waals surface area contributed by atoms with Crippen molar-refractivity contribution in [1.29, 1.82) is 0 Å². The quantitative estimate of drug-likeness (QED) is 0.212. The fourth-order valence-electron chi connectivity index (χ4n) is 5.01. The molecule has 0 aliphatic carbocycles. The van der Waals surface area contributed by atoms with Crippen LogP contribution in [0.15, 0.2) is 24.3 Å². The molecule has 0 radical (unpaired) electrons. The van der Waals surface area contributed by atoms with E-state index in [0.717, 1.165) is 11.1 Å². The Morgan fingerprint density at radius 1 is 0.821 bits per heavy atom. The summed E-state index contributed by atoms with van der Waals surface area (Å²) in [5, 5.41) is 59.9. The van der Waals surface area contributed by atoms with Crippen LogP contribution in [0.4, 0.5) is 0 Å². The highest BCUT2D eigenvalue weighted by atomic mass is 16.7. The Bertz CT molecular complexity index is 1100. The van der Waals surface area contributed by atoms with E-state index in [4.69, 9.17) is 28.4 Å². The van der Waals surface area contributed by atoms with Gasteiger partial charge in [-0.3, -0.25) is 0 Å². The minimum Gasteiger partial charge on any atom is -0.502 e. The van der Waals surface area contributed by atoms with Crippen LogP contribution in [-0.4, -0.2) is 102 Å². The van der Waals surface area contributed by atoms with Gasteiger partial charge in [-0.05, 0) is 36.6 Å². The molecular weight excluding hydrogens is 516 g/mol. The van der Waals surface area contributed by atoms with Gasteiger partial charge in [-0.2, -0.15) is 0 Å². The third kappa shape index (κ3) is 5.73. The van der Waals surface area contributed by atoms with E-state index in [-0.39, 0.29) is 30.5 Å². The van der Waals surface area contributed by atoms with Crippen molar-refractivity contribution in [3.8, 4) is 28.7 Å². The maximum Gasteiger partial charge on any atom is 0.200 e. The Hall–Kier alpha value is -2.84. The van der Waals surface area contributed by atoms with Gasteiger partial charge in [-0.25, -0.2) is 0 Å². The van der Waals surface area contributed by atoms with Gasteiger partial charge in [0.1, 0.15) is 30.5 Å². The summed E-state index contributed by atoms with van der Waals surface area (Å²) in [7, 11) is 4.39. The second kappa shape index (κ2) is 12.6. The van der Waals surface area contributed by atoms with Crippen LogP contribution in [0.2, 0.25) is 0 Å². The summed E-state index contributed by atoms with van der Waals surface area (Å²) in [4.78, 5) is 0. The van der Waals surface area contributed by atoms with Crippen molar-refractivity contribution in [1.82, 2.24) is 0 Å². The fraction of sp³-hybridized carbons (Fsp3) is 0.556. The zero-order valence-corrected chi connectivity index (χ0v) is 22.0. The van der Waals surface area contributed by atoms with E-state index in [1.54, 1.807) is 12.1 Å². The number of aryl methyl sites for hydroxylation is 1. The molecule has 2 aromatic carbocycles. The number of methoxy groups -OCH3 is 3. The Morgan fingerprint density at radius 3 is 2.08 bits per heavy atom. The van der Waals surface area contributed by atoms with E-state index in [0.29, 0.717) is 29.9 Å². The first kappa shape index (κ1) is 29.2. The number of ether oxygens (including phenoxy) is 6. The molecule has 7 atom stereocenters. The molecule has 39 heavy (non-hydrogen) atoms. The number of phenols is 1. The largest absolute Gasteiger partial charge is 0.502 e. The zero-order valence-electron chi connectivity index (χ0n) is 22.0. The van der Waals surface area contributed by atoms with E-state index in [9.17, 15) is 30.6 Å². The van der Waals surface area contributed by atoms with Crippen LogP contribution in [-0.2, 0) is 15.9 Å². The van der Waals surface area contributed by atoms with Crippen LogP contribution in [0.3, 0.4) is 0 Å². The molecule has 0 spiro atoms. The van der Waals surface area contributed by atoms with E-state index in [1.807, 2.05) is 12.1 Å². The summed E-state index contributed by atoms with van der Waals surface area (Å²) < 4.78 is 33.4. The van der Waals surface area contributed by atoms with Crippen LogP contribution in [0.25, 0.3) is 0 Å². The highest BCUT2D eigenvalue weighted by molar-refractivity contribution is 5.58. The van der Waals surface area contributed by atoms with Crippen molar-refractivity contribution >= 4 is 0 Å². The smallest absolute Gasteiger partial charge is 0.200 e. The average Bonchev–Trinajstić information content (AvgIpc) is 3.33. The molecule has 2 heterocycles. The molecule has 6 N–H and O–H groups in total. The molecule has 0 amide bonds. The van der Waals surface area contributed by atoms with Crippen LogP contribution >= 0.6 is 0 Å². The third-order valence-electron chi connectivity index (χ3n) is 7.14. The first-order valence-corrected chi connectivity index (χ1v) is 12.6. The highest BCUT2D eigenvalue weighted by Crippen LogP contribution is 2.52. The number of hydrogen-bond acceptors (Lipinski definition) is 12. The first-order chi connectivity index (χ1) is 18.8. The van der Waals surface area contributed by atoms with Crippen molar-refractivity contribution in [3.63, 3.8) is 0 Å². The molecule has 2 aliphatic heterocycles. The van der Waals surface area contributed by atoms with Gasteiger partial charge in [0.25, 0.3) is 0 Å². The van der Waals surface area contributed by atoms with E-state index < -0.39 is 49.3 Å². The van der Waals surface area contributed by atoms with Gasteiger partial charge in [0.15, 0.2) is 29.3 Å². The summed E-state index contributed by atoms with van der Waals surface area (Å²) in [5.41, 5.74) is 2.30. The molecule has 2 aromatic rings. The molecule has 216 valence electrons. The van der Waals surface area contributed by atoms with Crippen molar-refractivity contribution in [2.45, 2.75) is 55.6 Å². The number of aliphatic hydroxyl groups excluding tert-OH is 5. The number of benzene rings is 2. The monoisotopic (exact) mass is 552 g/mol. The predicted molar refractivity (Wildman–Crippen MR) is 135 cm³/mol. The van der Waals surface area contributed by atoms with E-state index in [1.165, 1.54) is 21.3 Å². The van der Waals surface area contributed by atoms with Crippen LogP contribution in [0.1, 0.15) is 35.1 Å². The summed E-state index contributed by atoms with van der Waals surface area (Å²) in [6.45, 7) is -0.577. The Labute approximate surface area is 225 Å². The van der Waals surface area contributed by atoms with Crippen molar-refractivity contribution in [2.24, 2.45) is 0 Å².